The van der Waals surface area contributed by atoms with Crippen molar-refractivity contribution in [2.75, 3.05) is 13.1 Å². The van der Waals surface area contributed by atoms with Gasteiger partial charge in [-0.2, -0.15) is 0 Å². The molecule has 0 heterocycles. The Hall–Kier alpha value is -1.35. The predicted molar refractivity (Wildman–Crippen MR) is 55.1 cm³/mol. The molecule has 0 aliphatic rings. The van der Waals surface area contributed by atoms with Crippen LogP contribution in [0.3, 0.4) is 0 Å². The Morgan fingerprint density at radius 1 is 1.38 bits per heavy atom. The van der Waals surface area contributed by atoms with Gasteiger partial charge in [-0.15, -0.1) is 0 Å². The van der Waals surface area contributed by atoms with Gasteiger partial charge in [0.15, 0.2) is 0 Å². The minimum atomic E-state index is 0.436. The molecule has 0 atom stereocenters. The summed E-state index contributed by atoms with van der Waals surface area (Å²) >= 11 is 0. The molecule has 1 aromatic rings. The first-order valence-electron chi connectivity index (χ1n) is 4.33. The number of amidine groups is 1. The number of hydrogen-bond donors (Lipinski definition) is 3. The normalized spacial score (nSPS) is 9.69. The standard InChI is InChI=1S/C10H15N3/c1-8-2-4-9(5-3-8)10(12)13-7-6-11/h2-5H,6-7,11H2,1H3,(H2,12,13). The summed E-state index contributed by atoms with van der Waals surface area (Å²) in [4.78, 5) is 0. The quantitative estimate of drug-likeness (QED) is 0.474. The van der Waals surface area contributed by atoms with Crippen LogP contribution < -0.4 is 11.1 Å². The Bertz CT molecular complexity index is 277. The molecule has 1 rings (SSSR count). The molecular formula is C10H15N3. The van der Waals surface area contributed by atoms with Gasteiger partial charge in [-0.3, -0.25) is 5.41 Å². The highest BCUT2D eigenvalue weighted by Crippen LogP contribution is 2.02. The third kappa shape index (κ3) is 2.87. The summed E-state index contributed by atoms with van der Waals surface area (Å²) in [7, 11) is 0. The van der Waals surface area contributed by atoms with Crippen molar-refractivity contribution in [3.63, 3.8) is 0 Å². The minimum absolute atomic E-state index is 0.436. The van der Waals surface area contributed by atoms with Gasteiger partial charge in [-0.05, 0) is 6.92 Å². The van der Waals surface area contributed by atoms with Crippen LogP contribution in [0.5, 0.6) is 0 Å². The fraction of sp³-hybridized carbons (Fsp3) is 0.300. The molecular weight excluding hydrogens is 162 g/mol. The van der Waals surface area contributed by atoms with Crippen LogP contribution in [0, 0.1) is 12.3 Å². The van der Waals surface area contributed by atoms with E-state index in [0.29, 0.717) is 18.9 Å². The van der Waals surface area contributed by atoms with E-state index < -0.39 is 0 Å². The van der Waals surface area contributed by atoms with Gasteiger partial charge in [-0.1, -0.05) is 29.8 Å². The van der Waals surface area contributed by atoms with Crippen LogP contribution in [-0.4, -0.2) is 18.9 Å². The number of benzene rings is 1. The zero-order valence-electron chi connectivity index (χ0n) is 7.80. The van der Waals surface area contributed by atoms with Crippen LogP contribution in [-0.2, 0) is 0 Å². The lowest BCUT2D eigenvalue weighted by Crippen LogP contribution is -2.28. The second-order valence-corrected chi connectivity index (χ2v) is 2.96. The SMILES string of the molecule is Cc1ccc(C(=N)NCCN)cc1. The van der Waals surface area contributed by atoms with Crippen LogP contribution >= 0.6 is 0 Å². The molecule has 13 heavy (non-hydrogen) atoms. The van der Waals surface area contributed by atoms with Gasteiger partial charge in [0.05, 0.1) is 0 Å². The second kappa shape index (κ2) is 4.62. The van der Waals surface area contributed by atoms with Crippen LogP contribution in [0.4, 0.5) is 0 Å². The lowest BCUT2D eigenvalue weighted by atomic mass is 10.1. The van der Waals surface area contributed by atoms with Crippen molar-refractivity contribution < 1.29 is 0 Å². The minimum Gasteiger partial charge on any atom is -0.369 e. The van der Waals surface area contributed by atoms with Gasteiger partial charge in [0.25, 0.3) is 0 Å². The number of nitrogens with one attached hydrogen (secondary N) is 2. The molecule has 3 nitrogen and oxygen atoms in total. The van der Waals surface area contributed by atoms with E-state index in [9.17, 15) is 0 Å². The van der Waals surface area contributed by atoms with Crippen molar-refractivity contribution >= 4 is 5.84 Å². The number of aryl methyl sites for hydroxylation is 1. The molecule has 0 saturated heterocycles. The van der Waals surface area contributed by atoms with Crippen molar-refractivity contribution in [2.45, 2.75) is 6.92 Å². The van der Waals surface area contributed by atoms with Crippen molar-refractivity contribution in [1.29, 1.82) is 5.41 Å². The van der Waals surface area contributed by atoms with E-state index in [-0.39, 0.29) is 0 Å². The average Bonchev–Trinajstić information content (AvgIpc) is 2.15. The maximum atomic E-state index is 7.64. The second-order valence-electron chi connectivity index (χ2n) is 2.96. The Labute approximate surface area is 78.5 Å². The highest BCUT2D eigenvalue weighted by Gasteiger charge is 1.97. The maximum absolute atomic E-state index is 7.64. The first-order valence-corrected chi connectivity index (χ1v) is 4.33. The van der Waals surface area contributed by atoms with Gasteiger partial charge in [-0.25, -0.2) is 0 Å². The van der Waals surface area contributed by atoms with Crippen molar-refractivity contribution in [2.24, 2.45) is 5.73 Å². The zero-order valence-corrected chi connectivity index (χ0v) is 7.80. The van der Waals surface area contributed by atoms with Crippen LogP contribution in [0.1, 0.15) is 11.1 Å². The van der Waals surface area contributed by atoms with Gasteiger partial charge < -0.3 is 11.1 Å². The number of hydrogen-bond acceptors (Lipinski definition) is 2. The summed E-state index contributed by atoms with van der Waals surface area (Å²) < 4.78 is 0. The molecule has 0 saturated carbocycles. The van der Waals surface area contributed by atoms with Gasteiger partial charge in [0.2, 0.25) is 0 Å². The Kier molecular flexibility index (Phi) is 3.46. The summed E-state index contributed by atoms with van der Waals surface area (Å²) in [5, 5.41) is 10.6. The molecule has 0 aliphatic carbocycles. The number of rotatable bonds is 3. The van der Waals surface area contributed by atoms with Gasteiger partial charge in [0, 0.05) is 18.7 Å². The smallest absolute Gasteiger partial charge is 0.125 e. The summed E-state index contributed by atoms with van der Waals surface area (Å²) in [5.74, 6) is 0.436. The molecule has 0 aliphatic heterocycles. The fourth-order valence-corrected chi connectivity index (χ4v) is 1.02. The van der Waals surface area contributed by atoms with E-state index in [2.05, 4.69) is 5.32 Å². The van der Waals surface area contributed by atoms with Gasteiger partial charge >= 0.3 is 0 Å². The molecule has 0 radical (unpaired) electrons. The van der Waals surface area contributed by atoms with Crippen molar-refractivity contribution in [3.05, 3.63) is 35.4 Å². The molecule has 3 heteroatoms. The van der Waals surface area contributed by atoms with Crippen LogP contribution in [0.2, 0.25) is 0 Å². The van der Waals surface area contributed by atoms with E-state index in [1.807, 2.05) is 31.2 Å². The van der Waals surface area contributed by atoms with E-state index in [0.717, 1.165) is 5.56 Å². The highest BCUT2D eigenvalue weighted by molar-refractivity contribution is 5.96. The van der Waals surface area contributed by atoms with E-state index in [1.54, 1.807) is 0 Å². The molecule has 0 aromatic heterocycles. The Morgan fingerprint density at radius 3 is 2.54 bits per heavy atom. The maximum Gasteiger partial charge on any atom is 0.125 e. The van der Waals surface area contributed by atoms with Crippen LogP contribution in [0.25, 0.3) is 0 Å². The largest absolute Gasteiger partial charge is 0.369 e. The molecule has 0 bridgehead atoms. The molecule has 70 valence electrons. The summed E-state index contributed by atoms with van der Waals surface area (Å²) in [5.41, 5.74) is 7.43. The number of nitrogens with two attached hydrogens (primary N) is 1. The summed E-state index contributed by atoms with van der Waals surface area (Å²) in [6.07, 6.45) is 0. The molecule has 1 aromatic carbocycles. The average molecular weight is 177 g/mol. The molecule has 4 N–H and O–H groups in total. The van der Waals surface area contributed by atoms with Crippen molar-refractivity contribution in [1.82, 2.24) is 5.32 Å². The lowest BCUT2D eigenvalue weighted by molar-refractivity contribution is 0.871. The van der Waals surface area contributed by atoms with E-state index in [1.165, 1.54) is 5.56 Å². The molecule has 0 fully saturated rings. The van der Waals surface area contributed by atoms with E-state index in [4.69, 9.17) is 11.1 Å². The molecule has 0 unspecified atom stereocenters. The van der Waals surface area contributed by atoms with E-state index >= 15 is 0 Å². The first-order chi connectivity index (χ1) is 6.24. The van der Waals surface area contributed by atoms with Crippen molar-refractivity contribution in [3.8, 4) is 0 Å². The summed E-state index contributed by atoms with van der Waals surface area (Å²) in [6, 6.07) is 7.85. The molecule has 0 spiro atoms. The summed E-state index contributed by atoms with van der Waals surface area (Å²) in [6.45, 7) is 3.22. The first kappa shape index (κ1) is 9.74. The monoisotopic (exact) mass is 177 g/mol. The zero-order chi connectivity index (χ0) is 9.68. The Balaban J connectivity index is 2.61. The van der Waals surface area contributed by atoms with Gasteiger partial charge in [0.1, 0.15) is 5.84 Å². The lowest BCUT2D eigenvalue weighted by Gasteiger charge is -2.06. The van der Waals surface area contributed by atoms with Crippen LogP contribution in [0.15, 0.2) is 24.3 Å². The highest BCUT2D eigenvalue weighted by atomic mass is 14.9. The Morgan fingerprint density at radius 2 is 2.00 bits per heavy atom. The predicted octanol–water partition coefficient (Wildman–Crippen LogP) is 0.869. The topological polar surface area (TPSA) is 61.9 Å². The fourth-order valence-electron chi connectivity index (χ4n) is 1.02. The molecule has 0 amide bonds. The third-order valence-corrected chi connectivity index (χ3v) is 1.79. The third-order valence-electron chi connectivity index (χ3n) is 1.79.